The lowest BCUT2D eigenvalue weighted by Gasteiger charge is -2.41. The molecule has 0 aliphatic carbocycles. The highest BCUT2D eigenvalue weighted by atomic mass is 32.2. The first-order valence-electron chi connectivity index (χ1n) is 11.7. The van der Waals surface area contributed by atoms with Crippen molar-refractivity contribution >= 4 is 27.9 Å². The molecule has 3 aromatic heterocycles. The van der Waals surface area contributed by atoms with E-state index in [1.807, 2.05) is 44.2 Å². The molecular formula is C24H26N6O4S. The zero-order valence-corrected chi connectivity index (χ0v) is 20.4. The van der Waals surface area contributed by atoms with E-state index in [4.69, 9.17) is 14.2 Å². The molecule has 0 spiro atoms. The van der Waals surface area contributed by atoms with Crippen LogP contribution >= 0.6 is 0 Å². The van der Waals surface area contributed by atoms with Gasteiger partial charge in [-0.2, -0.15) is 0 Å². The fraction of sp³-hybridized carbons (Fsp3) is 0.375. The van der Waals surface area contributed by atoms with Crippen molar-refractivity contribution in [1.82, 2.24) is 24.4 Å². The van der Waals surface area contributed by atoms with Gasteiger partial charge in [-0.1, -0.05) is 11.2 Å². The van der Waals surface area contributed by atoms with Gasteiger partial charge in [0, 0.05) is 31.4 Å². The number of hydrogen-bond donors (Lipinski definition) is 2. The summed E-state index contributed by atoms with van der Waals surface area (Å²) in [6, 6.07) is 9.84. The third-order valence-electron chi connectivity index (χ3n) is 6.85. The fourth-order valence-corrected chi connectivity index (χ4v) is 5.49. The number of nitrogens with one attached hydrogen (secondary N) is 1. The molecule has 6 rings (SSSR count). The molecule has 1 atom stereocenters. The van der Waals surface area contributed by atoms with Crippen LogP contribution in [-0.4, -0.2) is 54.4 Å². The Morgan fingerprint density at radius 1 is 1.17 bits per heavy atom. The molecule has 4 aromatic rings. The SMILES string of the molecule is Cc1noc(C)c1-c1ccc2nc(N3CC(CCN[SH](=O)=O)C3)n3c2c1OC[C@@H]3c1ccccn1. The molecule has 35 heavy (non-hydrogen) atoms. The van der Waals surface area contributed by atoms with Gasteiger partial charge >= 0.3 is 0 Å². The number of anilines is 1. The number of nitrogens with zero attached hydrogens (tertiary/aromatic N) is 5. The van der Waals surface area contributed by atoms with Crippen LogP contribution in [0.2, 0.25) is 0 Å². The van der Waals surface area contributed by atoms with Crippen molar-refractivity contribution in [3.63, 3.8) is 0 Å². The Morgan fingerprint density at radius 2 is 2.03 bits per heavy atom. The van der Waals surface area contributed by atoms with Crippen LogP contribution in [0, 0.1) is 19.8 Å². The van der Waals surface area contributed by atoms with E-state index < -0.39 is 10.9 Å². The Kier molecular flexibility index (Phi) is 5.45. The van der Waals surface area contributed by atoms with E-state index in [1.54, 1.807) is 6.20 Å². The van der Waals surface area contributed by atoms with E-state index >= 15 is 0 Å². The van der Waals surface area contributed by atoms with Crippen molar-refractivity contribution in [2.45, 2.75) is 26.3 Å². The number of imidazole rings is 1. The molecule has 0 unspecified atom stereocenters. The van der Waals surface area contributed by atoms with Crippen LogP contribution < -0.4 is 14.4 Å². The highest BCUT2D eigenvalue weighted by Crippen LogP contribution is 2.46. The summed E-state index contributed by atoms with van der Waals surface area (Å²) in [6.07, 6.45) is 2.60. The second kappa shape index (κ2) is 8.65. The van der Waals surface area contributed by atoms with Crippen LogP contribution in [0.3, 0.4) is 0 Å². The van der Waals surface area contributed by atoms with E-state index in [2.05, 4.69) is 24.3 Å². The van der Waals surface area contributed by atoms with Gasteiger partial charge in [0.25, 0.3) is 0 Å². The molecular weight excluding hydrogens is 468 g/mol. The summed E-state index contributed by atoms with van der Waals surface area (Å²) in [6.45, 7) is 6.38. The second-order valence-corrected chi connectivity index (χ2v) is 9.93. The lowest BCUT2D eigenvalue weighted by Crippen LogP contribution is -2.49. The van der Waals surface area contributed by atoms with Crippen LogP contribution in [-0.2, 0) is 10.9 Å². The van der Waals surface area contributed by atoms with E-state index in [0.29, 0.717) is 19.1 Å². The first kappa shape index (κ1) is 22.1. The summed E-state index contributed by atoms with van der Waals surface area (Å²) in [4.78, 5) is 11.9. The Hall–Kier alpha value is -3.44. The Labute approximate surface area is 204 Å². The number of aryl methyl sites for hydroxylation is 2. The topological polar surface area (TPSA) is 115 Å². The maximum Gasteiger partial charge on any atom is 0.207 e. The zero-order valence-electron chi connectivity index (χ0n) is 19.5. The monoisotopic (exact) mass is 494 g/mol. The molecule has 2 aliphatic heterocycles. The van der Waals surface area contributed by atoms with Gasteiger partial charge in [0.2, 0.25) is 16.8 Å². The number of pyridine rings is 1. The van der Waals surface area contributed by atoms with Gasteiger partial charge in [0.1, 0.15) is 23.9 Å². The van der Waals surface area contributed by atoms with E-state index in [0.717, 1.165) is 70.5 Å². The van der Waals surface area contributed by atoms with E-state index in [-0.39, 0.29) is 6.04 Å². The van der Waals surface area contributed by atoms with Crippen molar-refractivity contribution in [2.75, 3.05) is 31.1 Å². The minimum Gasteiger partial charge on any atom is -0.488 e. The molecule has 1 N–H and O–H groups in total. The summed E-state index contributed by atoms with van der Waals surface area (Å²) in [7, 11) is -2.55. The predicted octanol–water partition coefficient (Wildman–Crippen LogP) is 2.63. The van der Waals surface area contributed by atoms with Gasteiger partial charge in [-0.25, -0.2) is 18.1 Å². The molecule has 0 saturated carbocycles. The minimum absolute atomic E-state index is 0.117. The Balaban J connectivity index is 1.43. The van der Waals surface area contributed by atoms with Gasteiger partial charge in [-0.05, 0) is 50.5 Å². The number of hydrogen-bond acceptors (Lipinski definition) is 8. The van der Waals surface area contributed by atoms with Crippen LogP contribution in [0.1, 0.15) is 29.6 Å². The van der Waals surface area contributed by atoms with Gasteiger partial charge < -0.3 is 14.2 Å². The summed E-state index contributed by atoms with van der Waals surface area (Å²) in [5.74, 6) is 2.83. The van der Waals surface area contributed by atoms with Crippen molar-refractivity contribution in [3.8, 4) is 16.9 Å². The molecule has 11 heteroatoms. The van der Waals surface area contributed by atoms with Crippen LogP contribution in [0.15, 0.2) is 41.1 Å². The molecule has 182 valence electrons. The normalized spacial score (nSPS) is 17.7. The zero-order chi connectivity index (χ0) is 24.1. The summed E-state index contributed by atoms with van der Waals surface area (Å²) in [5.41, 5.74) is 5.43. The summed E-state index contributed by atoms with van der Waals surface area (Å²) < 4.78 is 38.2. The molecule has 0 radical (unpaired) electrons. The maximum absolute atomic E-state index is 10.8. The molecule has 1 saturated heterocycles. The Morgan fingerprint density at radius 3 is 2.74 bits per heavy atom. The van der Waals surface area contributed by atoms with Crippen molar-refractivity contribution in [1.29, 1.82) is 0 Å². The smallest absolute Gasteiger partial charge is 0.207 e. The molecule has 1 aromatic carbocycles. The van der Waals surface area contributed by atoms with Crippen LogP contribution in [0.25, 0.3) is 22.2 Å². The van der Waals surface area contributed by atoms with Crippen LogP contribution in [0.5, 0.6) is 5.75 Å². The minimum atomic E-state index is -2.55. The first-order valence-corrected chi connectivity index (χ1v) is 12.8. The second-order valence-electron chi connectivity index (χ2n) is 9.10. The highest BCUT2D eigenvalue weighted by molar-refractivity contribution is 7.70. The lowest BCUT2D eigenvalue weighted by atomic mass is 9.97. The van der Waals surface area contributed by atoms with Gasteiger partial charge in [-0.15, -0.1) is 0 Å². The van der Waals surface area contributed by atoms with E-state index in [9.17, 15) is 8.42 Å². The first-order chi connectivity index (χ1) is 17.0. The number of benzene rings is 1. The molecule has 5 heterocycles. The quantitative estimate of drug-likeness (QED) is 0.377. The number of thiol groups is 1. The van der Waals surface area contributed by atoms with Gasteiger partial charge in [0.05, 0.1) is 22.5 Å². The molecule has 0 amide bonds. The van der Waals surface area contributed by atoms with E-state index in [1.165, 1.54) is 0 Å². The third-order valence-corrected chi connectivity index (χ3v) is 7.33. The molecule has 10 nitrogen and oxygen atoms in total. The third kappa shape index (κ3) is 3.75. The average Bonchev–Trinajstić information content (AvgIpc) is 3.37. The van der Waals surface area contributed by atoms with Crippen molar-refractivity contribution in [2.24, 2.45) is 5.92 Å². The summed E-state index contributed by atoms with van der Waals surface area (Å²) >= 11 is 0. The largest absolute Gasteiger partial charge is 0.488 e. The number of aromatic nitrogens is 4. The fourth-order valence-electron chi connectivity index (χ4n) is 5.18. The highest BCUT2D eigenvalue weighted by Gasteiger charge is 2.36. The van der Waals surface area contributed by atoms with Crippen molar-refractivity contribution < 1.29 is 17.7 Å². The lowest BCUT2D eigenvalue weighted by molar-refractivity contribution is 0.255. The average molecular weight is 495 g/mol. The van der Waals surface area contributed by atoms with Gasteiger partial charge in [-0.3, -0.25) is 9.55 Å². The number of rotatable bonds is 7. The maximum atomic E-state index is 10.8. The Bertz CT molecular complexity index is 1440. The molecule has 0 bridgehead atoms. The number of ether oxygens (including phenoxy) is 1. The summed E-state index contributed by atoms with van der Waals surface area (Å²) in [5, 5.41) is 4.14. The standard InChI is InChI=1S/C24H26N6O4S/c1-14-21(15(2)34-28-14)17-6-7-19-22-23(17)33-13-20(18-5-3-4-9-25-18)30(22)24(27-19)29-11-16(12-29)8-10-26-35(31)32/h3-7,9,16,20,35H,8,10-13H2,1-2H3,(H,26,31,32)/t20-/m1/s1. The predicted molar refractivity (Wildman–Crippen MR) is 131 cm³/mol. The molecule has 2 aliphatic rings. The van der Waals surface area contributed by atoms with Crippen LogP contribution in [0.4, 0.5) is 5.95 Å². The van der Waals surface area contributed by atoms with Gasteiger partial charge in [0.15, 0.2) is 5.75 Å². The molecule has 1 fully saturated rings. The van der Waals surface area contributed by atoms with Crippen molar-refractivity contribution in [3.05, 3.63) is 53.7 Å².